The van der Waals surface area contributed by atoms with Crippen molar-refractivity contribution >= 4 is 11.6 Å². The Morgan fingerprint density at radius 1 is 1.27 bits per heavy atom. The molecule has 8 nitrogen and oxygen atoms in total. The summed E-state index contributed by atoms with van der Waals surface area (Å²) in [6.07, 6.45) is 4.69. The molecule has 0 radical (unpaired) electrons. The molecule has 8 heteroatoms. The Morgan fingerprint density at radius 2 is 2.00 bits per heavy atom. The van der Waals surface area contributed by atoms with Crippen LogP contribution in [0, 0.1) is 16.0 Å². The Morgan fingerprint density at radius 3 is 2.58 bits per heavy atom. The van der Waals surface area contributed by atoms with Crippen LogP contribution in [0.1, 0.15) is 24.2 Å². The van der Waals surface area contributed by atoms with Crippen molar-refractivity contribution in [2.45, 2.75) is 13.8 Å². The van der Waals surface area contributed by atoms with Gasteiger partial charge in [0.2, 0.25) is 0 Å². The second-order valence-electron chi connectivity index (χ2n) is 6.92. The minimum Gasteiger partial charge on any atom is -0.336 e. The van der Waals surface area contributed by atoms with Crippen LogP contribution in [0.3, 0.4) is 0 Å². The number of piperazine rings is 1. The largest absolute Gasteiger partial charge is 0.336 e. The number of nitro benzene ring substituents is 1. The van der Waals surface area contributed by atoms with Gasteiger partial charge in [0.25, 0.3) is 11.6 Å². The molecule has 0 saturated carbocycles. The highest BCUT2D eigenvalue weighted by atomic mass is 16.6. The normalized spacial score (nSPS) is 15.4. The van der Waals surface area contributed by atoms with Gasteiger partial charge in [-0.2, -0.15) is 0 Å². The Balaban J connectivity index is 1.76. The first-order valence-corrected chi connectivity index (χ1v) is 8.74. The molecule has 1 aliphatic rings. The molecule has 1 aliphatic heterocycles. The Kier molecular flexibility index (Phi) is 5.32. The minimum atomic E-state index is -0.466. The van der Waals surface area contributed by atoms with E-state index in [-0.39, 0.29) is 11.6 Å². The average molecular weight is 357 g/mol. The quantitative estimate of drug-likeness (QED) is 0.605. The highest BCUT2D eigenvalue weighted by Crippen LogP contribution is 2.25. The molecule has 3 rings (SSSR count). The van der Waals surface area contributed by atoms with Crippen LogP contribution < -0.4 is 0 Å². The highest BCUT2D eigenvalue weighted by molar-refractivity contribution is 5.95. The molecule has 26 heavy (non-hydrogen) atoms. The molecule has 1 saturated heterocycles. The molecule has 0 atom stereocenters. The Labute approximate surface area is 152 Å². The van der Waals surface area contributed by atoms with Crippen molar-refractivity contribution in [1.82, 2.24) is 19.4 Å². The fraction of sp³-hybridized carbons (Fsp3) is 0.444. The molecule has 1 aromatic carbocycles. The van der Waals surface area contributed by atoms with Crippen LogP contribution in [0.2, 0.25) is 0 Å². The third-order valence-corrected chi connectivity index (χ3v) is 4.48. The van der Waals surface area contributed by atoms with Crippen LogP contribution in [-0.2, 0) is 0 Å². The zero-order valence-electron chi connectivity index (χ0n) is 15.0. The third kappa shape index (κ3) is 3.91. The number of hydrogen-bond acceptors (Lipinski definition) is 5. The van der Waals surface area contributed by atoms with Crippen molar-refractivity contribution in [2.24, 2.45) is 5.92 Å². The number of carbonyl (C=O) groups is 1. The van der Waals surface area contributed by atoms with Gasteiger partial charge >= 0.3 is 0 Å². The predicted molar refractivity (Wildman–Crippen MR) is 97.4 cm³/mol. The number of amides is 1. The van der Waals surface area contributed by atoms with Crippen LogP contribution in [0.15, 0.2) is 36.9 Å². The monoisotopic (exact) mass is 357 g/mol. The molecule has 2 aromatic rings. The molecule has 1 aromatic heterocycles. The van der Waals surface area contributed by atoms with Gasteiger partial charge in [-0.05, 0) is 18.1 Å². The second kappa shape index (κ2) is 7.65. The van der Waals surface area contributed by atoms with E-state index >= 15 is 0 Å². The number of nitro groups is 1. The third-order valence-electron chi connectivity index (χ3n) is 4.48. The van der Waals surface area contributed by atoms with E-state index in [1.807, 2.05) is 0 Å². The lowest BCUT2D eigenvalue weighted by Gasteiger charge is -2.35. The Hall–Kier alpha value is -2.74. The molecule has 0 unspecified atom stereocenters. The van der Waals surface area contributed by atoms with Crippen LogP contribution >= 0.6 is 0 Å². The van der Waals surface area contributed by atoms with Crippen molar-refractivity contribution in [3.8, 4) is 5.69 Å². The van der Waals surface area contributed by atoms with E-state index < -0.39 is 4.92 Å². The summed E-state index contributed by atoms with van der Waals surface area (Å²) in [5.41, 5.74) is 0.635. The van der Waals surface area contributed by atoms with Crippen LogP contribution in [0.5, 0.6) is 0 Å². The standard InChI is InChI=1S/C18H23N5O3/c1-14(2)12-20-7-9-21(10-8-20)18(24)15-3-4-16(17(11-15)23(25)26)22-6-5-19-13-22/h3-6,11,13-14H,7-10,12H2,1-2H3. The van der Waals surface area contributed by atoms with Crippen molar-refractivity contribution in [2.75, 3.05) is 32.7 Å². The zero-order valence-corrected chi connectivity index (χ0v) is 15.0. The lowest BCUT2D eigenvalue weighted by Crippen LogP contribution is -2.49. The summed E-state index contributed by atoms with van der Waals surface area (Å²) < 4.78 is 1.57. The second-order valence-corrected chi connectivity index (χ2v) is 6.92. The van der Waals surface area contributed by atoms with E-state index in [0.29, 0.717) is 30.3 Å². The molecule has 1 amide bonds. The number of nitrogens with zero attached hydrogens (tertiary/aromatic N) is 5. The van der Waals surface area contributed by atoms with E-state index in [1.165, 1.54) is 12.4 Å². The van der Waals surface area contributed by atoms with E-state index in [0.717, 1.165) is 19.6 Å². The van der Waals surface area contributed by atoms with E-state index in [4.69, 9.17) is 0 Å². The summed E-state index contributed by atoms with van der Waals surface area (Å²) in [5, 5.41) is 11.5. The number of benzene rings is 1. The molecular formula is C18H23N5O3. The summed E-state index contributed by atoms with van der Waals surface area (Å²) in [6.45, 7) is 8.33. The van der Waals surface area contributed by atoms with Crippen molar-refractivity contribution in [3.63, 3.8) is 0 Å². The molecule has 0 bridgehead atoms. The fourth-order valence-electron chi connectivity index (χ4n) is 3.26. The lowest BCUT2D eigenvalue weighted by atomic mass is 10.1. The van der Waals surface area contributed by atoms with E-state index in [2.05, 4.69) is 23.7 Å². The SMILES string of the molecule is CC(C)CN1CCN(C(=O)c2ccc(-n3ccnc3)c([N+](=O)[O-])c2)CC1. The maximum atomic E-state index is 12.8. The first kappa shape index (κ1) is 18.1. The number of rotatable bonds is 5. The molecule has 0 aliphatic carbocycles. The van der Waals surface area contributed by atoms with Crippen LogP contribution in [0.4, 0.5) is 5.69 Å². The lowest BCUT2D eigenvalue weighted by molar-refractivity contribution is -0.384. The predicted octanol–water partition coefficient (Wildman–Crippen LogP) is 2.19. The van der Waals surface area contributed by atoms with Crippen LogP contribution in [0.25, 0.3) is 5.69 Å². The van der Waals surface area contributed by atoms with Gasteiger partial charge in [-0.25, -0.2) is 4.98 Å². The number of carbonyl (C=O) groups excluding carboxylic acids is 1. The zero-order chi connectivity index (χ0) is 18.7. The summed E-state index contributed by atoms with van der Waals surface area (Å²) in [6, 6.07) is 4.60. The maximum Gasteiger partial charge on any atom is 0.294 e. The molecule has 0 N–H and O–H groups in total. The first-order valence-electron chi connectivity index (χ1n) is 8.74. The van der Waals surface area contributed by atoms with Crippen LogP contribution in [-0.4, -0.2) is 62.9 Å². The van der Waals surface area contributed by atoms with Crippen molar-refractivity contribution in [1.29, 1.82) is 0 Å². The number of aromatic nitrogens is 2. The number of imidazole rings is 1. The molecule has 1 fully saturated rings. The van der Waals surface area contributed by atoms with Crippen molar-refractivity contribution in [3.05, 3.63) is 52.6 Å². The van der Waals surface area contributed by atoms with Crippen molar-refractivity contribution < 1.29 is 9.72 Å². The van der Waals surface area contributed by atoms with Gasteiger partial charge < -0.3 is 9.47 Å². The Bertz CT molecular complexity index is 780. The first-order chi connectivity index (χ1) is 12.5. The molecule has 138 valence electrons. The molecule has 0 spiro atoms. The van der Waals surface area contributed by atoms with E-state index in [1.54, 1.807) is 34.0 Å². The summed E-state index contributed by atoms with van der Waals surface area (Å²) in [4.78, 5) is 31.8. The smallest absolute Gasteiger partial charge is 0.294 e. The summed E-state index contributed by atoms with van der Waals surface area (Å²) in [5.74, 6) is 0.435. The van der Waals surface area contributed by atoms with Gasteiger partial charge in [0.15, 0.2) is 0 Å². The van der Waals surface area contributed by atoms with E-state index in [9.17, 15) is 14.9 Å². The highest BCUT2D eigenvalue weighted by Gasteiger charge is 2.25. The average Bonchev–Trinajstić information content (AvgIpc) is 3.15. The summed E-state index contributed by atoms with van der Waals surface area (Å²) in [7, 11) is 0. The topological polar surface area (TPSA) is 84.5 Å². The summed E-state index contributed by atoms with van der Waals surface area (Å²) >= 11 is 0. The van der Waals surface area contributed by atoms with Gasteiger partial charge in [-0.3, -0.25) is 19.8 Å². The molecular weight excluding hydrogens is 334 g/mol. The van der Waals surface area contributed by atoms with Gasteiger partial charge in [-0.1, -0.05) is 13.8 Å². The van der Waals surface area contributed by atoms with Gasteiger partial charge in [-0.15, -0.1) is 0 Å². The van der Waals surface area contributed by atoms with Gasteiger partial charge in [0, 0.05) is 56.7 Å². The number of hydrogen-bond donors (Lipinski definition) is 0. The molecule has 2 heterocycles. The minimum absolute atomic E-state index is 0.104. The van der Waals surface area contributed by atoms with Gasteiger partial charge in [0.05, 0.1) is 11.3 Å². The fourth-order valence-corrected chi connectivity index (χ4v) is 3.26. The maximum absolute atomic E-state index is 12.8. The van der Waals surface area contributed by atoms with Gasteiger partial charge in [0.1, 0.15) is 5.69 Å².